The molecule has 3 heterocycles. The molecule has 3 aliphatic rings. The first-order valence-corrected chi connectivity index (χ1v) is 13.7. The molecule has 2 saturated heterocycles. The molecule has 35 heavy (non-hydrogen) atoms. The summed E-state index contributed by atoms with van der Waals surface area (Å²) in [6.07, 6.45) is 2.37. The first kappa shape index (κ1) is 24.3. The van der Waals surface area contributed by atoms with Crippen LogP contribution in [0.2, 0.25) is 5.02 Å². The molecule has 3 fully saturated rings. The van der Waals surface area contributed by atoms with Crippen molar-refractivity contribution in [3.8, 4) is 11.9 Å². The van der Waals surface area contributed by atoms with Crippen LogP contribution in [0, 0.1) is 30.1 Å². The molecule has 1 aromatic carbocycles. The van der Waals surface area contributed by atoms with Gasteiger partial charge in [0.1, 0.15) is 18.2 Å². The Morgan fingerprint density at radius 3 is 2.49 bits per heavy atom. The zero-order chi connectivity index (χ0) is 24.9. The van der Waals surface area contributed by atoms with Gasteiger partial charge < -0.3 is 14.8 Å². The lowest BCUT2D eigenvalue weighted by molar-refractivity contribution is -0.174. The lowest BCUT2D eigenvalue weighted by Crippen LogP contribution is -2.63. The maximum Gasteiger partial charge on any atom is 0.221 e. The summed E-state index contributed by atoms with van der Waals surface area (Å²) in [6.45, 7) is 6.58. The summed E-state index contributed by atoms with van der Waals surface area (Å²) in [4.78, 5) is 8.73. The van der Waals surface area contributed by atoms with Crippen LogP contribution in [0.1, 0.15) is 37.8 Å². The van der Waals surface area contributed by atoms with Crippen LogP contribution in [0.3, 0.4) is 0 Å². The second-order valence-electron chi connectivity index (χ2n) is 9.60. The summed E-state index contributed by atoms with van der Waals surface area (Å²) in [6, 6.07) is 7.05. The standard InChI is InChI=1S/C24H28ClN5O4S/c1-13-23(29-21-7-4-16(9-26)8-20(21)25)27-12-28-24(13)34-22-18-10-30(35(31,32)17-5-6-17)11-19(22)15(3)33-14(18)2/h4,7-8,12,14-15,17-19,22H,5-6,10-11H2,1-3H3,(H,27,28,29). The number of halogens is 1. The maximum atomic E-state index is 13.0. The zero-order valence-electron chi connectivity index (χ0n) is 19.8. The van der Waals surface area contributed by atoms with E-state index in [9.17, 15) is 8.42 Å². The summed E-state index contributed by atoms with van der Waals surface area (Å²) in [5, 5.41) is 12.4. The van der Waals surface area contributed by atoms with Gasteiger partial charge in [-0.25, -0.2) is 22.7 Å². The second-order valence-corrected chi connectivity index (χ2v) is 12.2. The molecule has 4 unspecified atom stereocenters. The number of nitriles is 1. The van der Waals surface area contributed by atoms with Crippen molar-refractivity contribution < 1.29 is 17.9 Å². The Hall–Kier alpha value is -2.45. The topological polar surface area (TPSA) is 117 Å². The minimum Gasteiger partial charge on any atom is -0.473 e. The van der Waals surface area contributed by atoms with Gasteiger partial charge in [-0.2, -0.15) is 5.26 Å². The fraction of sp³-hybridized carbons (Fsp3) is 0.542. The number of nitrogens with one attached hydrogen (secondary N) is 1. The van der Waals surface area contributed by atoms with Crippen molar-refractivity contribution in [3.05, 3.63) is 40.7 Å². The van der Waals surface area contributed by atoms with Crippen molar-refractivity contribution >= 4 is 33.1 Å². The molecular formula is C24H28ClN5O4S. The Bertz CT molecular complexity index is 1260. The molecule has 1 N–H and O–H groups in total. The monoisotopic (exact) mass is 517 g/mol. The quantitative estimate of drug-likeness (QED) is 0.617. The fourth-order valence-corrected chi connectivity index (χ4v) is 7.16. The third kappa shape index (κ3) is 4.58. The SMILES string of the molecule is Cc1c(Nc2ccc(C#N)cc2Cl)ncnc1OC1C2CN(S(=O)(=O)C3CC3)CC1C(C)OC2C. The van der Waals surface area contributed by atoms with Gasteiger partial charge in [-0.3, -0.25) is 0 Å². The minimum absolute atomic E-state index is 0.114. The van der Waals surface area contributed by atoms with E-state index in [1.165, 1.54) is 6.33 Å². The van der Waals surface area contributed by atoms with E-state index in [4.69, 9.17) is 26.3 Å². The highest BCUT2D eigenvalue weighted by atomic mass is 35.5. The molecule has 2 bridgehead atoms. The van der Waals surface area contributed by atoms with E-state index in [1.807, 2.05) is 20.8 Å². The van der Waals surface area contributed by atoms with Gasteiger partial charge in [-0.1, -0.05) is 11.6 Å². The van der Waals surface area contributed by atoms with Crippen LogP contribution < -0.4 is 10.1 Å². The van der Waals surface area contributed by atoms with E-state index < -0.39 is 10.0 Å². The van der Waals surface area contributed by atoms with Crippen LogP contribution in [-0.4, -0.2) is 59.3 Å². The second kappa shape index (κ2) is 9.21. The first-order chi connectivity index (χ1) is 16.7. The number of ether oxygens (including phenoxy) is 2. The largest absolute Gasteiger partial charge is 0.473 e. The molecule has 186 valence electrons. The maximum absolute atomic E-state index is 13.0. The summed E-state index contributed by atoms with van der Waals surface area (Å²) in [5.74, 6) is 0.749. The third-order valence-corrected chi connectivity index (χ3v) is 9.89. The predicted octanol–water partition coefficient (Wildman–Crippen LogP) is 3.65. The van der Waals surface area contributed by atoms with Gasteiger partial charge in [0, 0.05) is 24.9 Å². The average molecular weight is 518 g/mol. The van der Waals surface area contributed by atoms with Crippen molar-refractivity contribution in [1.82, 2.24) is 14.3 Å². The van der Waals surface area contributed by atoms with Gasteiger partial charge in [0.15, 0.2) is 0 Å². The van der Waals surface area contributed by atoms with Crippen LogP contribution in [0.4, 0.5) is 11.5 Å². The van der Waals surface area contributed by atoms with Gasteiger partial charge in [0.25, 0.3) is 0 Å². The van der Waals surface area contributed by atoms with E-state index in [1.54, 1.807) is 22.5 Å². The van der Waals surface area contributed by atoms with Crippen molar-refractivity contribution in [2.24, 2.45) is 11.8 Å². The zero-order valence-corrected chi connectivity index (χ0v) is 21.4. The lowest BCUT2D eigenvalue weighted by Gasteiger charge is -2.51. The normalized spacial score (nSPS) is 28.8. The van der Waals surface area contributed by atoms with E-state index in [2.05, 4.69) is 21.4 Å². The van der Waals surface area contributed by atoms with E-state index in [0.717, 1.165) is 12.8 Å². The van der Waals surface area contributed by atoms with Crippen LogP contribution in [-0.2, 0) is 14.8 Å². The Labute approximate surface area is 210 Å². The summed E-state index contributed by atoms with van der Waals surface area (Å²) >= 11 is 6.32. The molecule has 0 amide bonds. The summed E-state index contributed by atoms with van der Waals surface area (Å²) in [5.41, 5.74) is 1.79. The molecule has 0 spiro atoms. The predicted molar refractivity (Wildman–Crippen MR) is 131 cm³/mol. The van der Waals surface area contributed by atoms with E-state index >= 15 is 0 Å². The number of piperidine rings is 1. The molecule has 1 aromatic heterocycles. The minimum atomic E-state index is -3.28. The van der Waals surface area contributed by atoms with Crippen LogP contribution in [0.25, 0.3) is 0 Å². The first-order valence-electron chi connectivity index (χ1n) is 11.8. The molecule has 2 aliphatic heterocycles. The molecule has 0 radical (unpaired) electrons. The van der Waals surface area contributed by atoms with Gasteiger partial charge in [0.2, 0.25) is 15.9 Å². The molecular weight excluding hydrogens is 490 g/mol. The summed E-state index contributed by atoms with van der Waals surface area (Å²) < 4.78 is 40.3. The Morgan fingerprint density at radius 2 is 1.89 bits per heavy atom. The molecule has 11 heteroatoms. The average Bonchev–Trinajstić information content (AvgIpc) is 3.67. The van der Waals surface area contributed by atoms with E-state index in [0.29, 0.717) is 46.6 Å². The lowest BCUT2D eigenvalue weighted by atomic mass is 9.78. The highest BCUT2D eigenvalue weighted by molar-refractivity contribution is 7.90. The smallest absolute Gasteiger partial charge is 0.221 e. The number of aromatic nitrogens is 2. The van der Waals surface area contributed by atoms with Crippen LogP contribution in [0.5, 0.6) is 5.88 Å². The number of hydrogen-bond acceptors (Lipinski definition) is 8. The van der Waals surface area contributed by atoms with Crippen molar-refractivity contribution in [2.75, 3.05) is 18.4 Å². The number of fused-ring (bicyclic) bond motifs is 2. The Kier molecular flexibility index (Phi) is 6.38. The molecule has 4 atom stereocenters. The van der Waals surface area contributed by atoms with Crippen molar-refractivity contribution in [1.29, 1.82) is 5.26 Å². The number of sulfonamides is 1. The van der Waals surface area contributed by atoms with E-state index in [-0.39, 0.29) is 35.4 Å². The molecule has 1 aliphatic carbocycles. The molecule has 1 saturated carbocycles. The number of rotatable bonds is 6. The fourth-order valence-electron chi connectivity index (χ4n) is 5.02. The van der Waals surface area contributed by atoms with Gasteiger partial charge >= 0.3 is 0 Å². The highest BCUT2D eigenvalue weighted by Crippen LogP contribution is 2.42. The Morgan fingerprint density at radius 1 is 1.20 bits per heavy atom. The highest BCUT2D eigenvalue weighted by Gasteiger charge is 2.53. The van der Waals surface area contributed by atoms with Crippen molar-refractivity contribution in [3.63, 3.8) is 0 Å². The molecule has 5 rings (SSSR count). The number of nitrogens with zero attached hydrogens (tertiary/aromatic N) is 4. The number of anilines is 2. The van der Waals surface area contributed by atoms with Gasteiger partial charge in [0.05, 0.1) is 45.4 Å². The Balaban J connectivity index is 1.39. The number of hydrogen-bond donors (Lipinski definition) is 1. The van der Waals surface area contributed by atoms with Crippen LogP contribution in [0.15, 0.2) is 24.5 Å². The van der Waals surface area contributed by atoms with Gasteiger partial charge in [-0.05, 0) is 51.8 Å². The molecule has 9 nitrogen and oxygen atoms in total. The van der Waals surface area contributed by atoms with Crippen molar-refractivity contribution in [2.45, 2.75) is 57.2 Å². The summed E-state index contributed by atoms with van der Waals surface area (Å²) in [7, 11) is -3.28. The van der Waals surface area contributed by atoms with Crippen LogP contribution >= 0.6 is 11.6 Å². The molecule has 2 aromatic rings. The third-order valence-electron chi connectivity index (χ3n) is 7.25. The number of benzene rings is 1. The van der Waals surface area contributed by atoms with Gasteiger partial charge in [-0.15, -0.1) is 0 Å².